The van der Waals surface area contributed by atoms with Crippen LogP contribution in [0.4, 0.5) is 16.6 Å². The zero-order valence-corrected chi connectivity index (χ0v) is 15.4. The average Bonchev–Trinajstić information content (AvgIpc) is 2.68. The van der Waals surface area contributed by atoms with Crippen LogP contribution in [0.2, 0.25) is 5.02 Å². The van der Waals surface area contributed by atoms with Crippen molar-refractivity contribution >= 4 is 29.5 Å². The lowest BCUT2D eigenvalue weighted by molar-refractivity contribution is 0.105. The molecule has 1 N–H and O–H groups in total. The van der Waals surface area contributed by atoms with Gasteiger partial charge in [-0.15, -0.1) is 0 Å². The van der Waals surface area contributed by atoms with Gasteiger partial charge in [0.05, 0.1) is 6.61 Å². The minimum Gasteiger partial charge on any atom is -0.450 e. The minimum absolute atomic E-state index is 0.253. The maximum absolute atomic E-state index is 11.8. The van der Waals surface area contributed by atoms with Crippen LogP contribution in [0.3, 0.4) is 0 Å². The molecule has 0 aliphatic carbocycles. The molecule has 0 radical (unpaired) electrons. The quantitative estimate of drug-likeness (QED) is 0.866. The SMILES string of the molecule is CCOC(=O)N1CCN(c2ccnc(NCc3ccccc3Cl)n2)CC1. The standard InChI is InChI=1S/C18H22ClN5O2/c1-2-26-18(25)24-11-9-23(10-12-24)16-7-8-20-17(22-16)21-13-14-5-3-4-6-15(14)19/h3-8H,2,9-13H2,1H3,(H,20,21,22). The average molecular weight is 376 g/mol. The molecule has 1 aromatic heterocycles. The van der Waals surface area contributed by atoms with E-state index in [0.717, 1.165) is 11.4 Å². The molecular weight excluding hydrogens is 354 g/mol. The monoisotopic (exact) mass is 375 g/mol. The first-order valence-electron chi connectivity index (χ1n) is 8.64. The molecule has 1 aromatic carbocycles. The smallest absolute Gasteiger partial charge is 0.409 e. The Hall–Kier alpha value is -2.54. The molecule has 3 rings (SSSR count). The van der Waals surface area contributed by atoms with E-state index in [2.05, 4.69) is 20.2 Å². The Morgan fingerprint density at radius 1 is 1.23 bits per heavy atom. The van der Waals surface area contributed by atoms with Gasteiger partial charge < -0.3 is 19.9 Å². The summed E-state index contributed by atoms with van der Waals surface area (Å²) in [5.41, 5.74) is 0.992. The number of carbonyl (C=O) groups excluding carboxylic acids is 1. The van der Waals surface area contributed by atoms with Crippen LogP contribution in [-0.2, 0) is 11.3 Å². The summed E-state index contributed by atoms with van der Waals surface area (Å²) in [7, 11) is 0. The fraction of sp³-hybridized carbons (Fsp3) is 0.389. The maximum Gasteiger partial charge on any atom is 0.409 e. The number of halogens is 1. The normalized spacial score (nSPS) is 14.2. The molecule has 8 heteroatoms. The van der Waals surface area contributed by atoms with Crippen molar-refractivity contribution in [2.45, 2.75) is 13.5 Å². The molecule has 1 amide bonds. The zero-order chi connectivity index (χ0) is 18.4. The van der Waals surface area contributed by atoms with Crippen molar-refractivity contribution in [3.63, 3.8) is 0 Å². The van der Waals surface area contributed by atoms with Crippen molar-refractivity contribution in [3.05, 3.63) is 47.1 Å². The van der Waals surface area contributed by atoms with E-state index in [1.54, 1.807) is 11.1 Å². The van der Waals surface area contributed by atoms with Gasteiger partial charge in [0.2, 0.25) is 5.95 Å². The first kappa shape index (κ1) is 18.3. The summed E-state index contributed by atoms with van der Waals surface area (Å²) in [6.07, 6.45) is 1.48. The maximum atomic E-state index is 11.8. The van der Waals surface area contributed by atoms with E-state index in [9.17, 15) is 4.79 Å². The van der Waals surface area contributed by atoms with E-state index in [0.29, 0.717) is 50.3 Å². The van der Waals surface area contributed by atoms with E-state index < -0.39 is 0 Å². The van der Waals surface area contributed by atoms with Crippen molar-refractivity contribution in [2.24, 2.45) is 0 Å². The second-order valence-electron chi connectivity index (χ2n) is 5.86. The van der Waals surface area contributed by atoms with Crippen molar-refractivity contribution < 1.29 is 9.53 Å². The molecule has 1 aliphatic heterocycles. The van der Waals surface area contributed by atoms with Gasteiger partial charge in [-0.05, 0) is 24.6 Å². The molecule has 7 nitrogen and oxygen atoms in total. The number of aromatic nitrogens is 2. The van der Waals surface area contributed by atoms with Crippen LogP contribution in [0.1, 0.15) is 12.5 Å². The van der Waals surface area contributed by atoms with Crippen molar-refractivity contribution in [3.8, 4) is 0 Å². The van der Waals surface area contributed by atoms with Crippen LogP contribution >= 0.6 is 11.6 Å². The molecule has 26 heavy (non-hydrogen) atoms. The molecule has 138 valence electrons. The summed E-state index contributed by atoms with van der Waals surface area (Å²) >= 11 is 6.17. The summed E-state index contributed by atoms with van der Waals surface area (Å²) in [5.74, 6) is 1.39. The number of hydrogen-bond acceptors (Lipinski definition) is 6. The number of nitrogens with zero attached hydrogens (tertiary/aromatic N) is 4. The third kappa shape index (κ3) is 4.54. The molecule has 0 bridgehead atoms. The van der Waals surface area contributed by atoms with Crippen LogP contribution in [0.25, 0.3) is 0 Å². The molecule has 0 atom stereocenters. The predicted octanol–water partition coefficient (Wildman–Crippen LogP) is 3.02. The van der Waals surface area contributed by atoms with Crippen LogP contribution < -0.4 is 10.2 Å². The Balaban J connectivity index is 1.58. The third-order valence-corrected chi connectivity index (χ3v) is 4.53. The molecular formula is C18H22ClN5O2. The molecule has 2 aromatic rings. The molecule has 0 saturated carbocycles. The van der Waals surface area contributed by atoms with E-state index in [1.807, 2.05) is 37.3 Å². The van der Waals surface area contributed by atoms with Crippen LogP contribution in [0, 0.1) is 0 Å². The molecule has 1 aliphatic rings. The van der Waals surface area contributed by atoms with Crippen LogP contribution in [-0.4, -0.2) is 53.7 Å². The van der Waals surface area contributed by atoms with E-state index in [1.165, 1.54) is 0 Å². The second kappa shape index (κ2) is 8.71. The molecule has 1 saturated heterocycles. The van der Waals surface area contributed by atoms with Crippen molar-refractivity contribution in [2.75, 3.05) is 43.0 Å². The molecule has 0 spiro atoms. The number of amides is 1. The number of hydrogen-bond donors (Lipinski definition) is 1. The Labute approximate surface area is 157 Å². The highest BCUT2D eigenvalue weighted by Gasteiger charge is 2.22. The first-order valence-corrected chi connectivity index (χ1v) is 9.02. The molecule has 2 heterocycles. The fourth-order valence-corrected chi connectivity index (χ4v) is 2.96. The number of ether oxygens (including phenoxy) is 1. The highest BCUT2D eigenvalue weighted by Crippen LogP contribution is 2.18. The van der Waals surface area contributed by atoms with E-state index >= 15 is 0 Å². The Morgan fingerprint density at radius 2 is 2.00 bits per heavy atom. The van der Waals surface area contributed by atoms with E-state index in [-0.39, 0.29) is 6.09 Å². The van der Waals surface area contributed by atoms with Gasteiger partial charge >= 0.3 is 6.09 Å². The van der Waals surface area contributed by atoms with Gasteiger partial charge in [-0.25, -0.2) is 9.78 Å². The highest BCUT2D eigenvalue weighted by atomic mass is 35.5. The Bertz CT molecular complexity index is 750. The summed E-state index contributed by atoms with van der Waals surface area (Å²) in [4.78, 5) is 24.5. The largest absolute Gasteiger partial charge is 0.450 e. The van der Waals surface area contributed by atoms with Crippen LogP contribution in [0.5, 0.6) is 0 Å². The Morgan fingerprint density at radius 3 is 2.73 bits per heavy atom. The lowest BCUT2D eigenvalue weighted by atomic mass is 10.2. The zero-order valence-electron chi connectivity index (χ0n) is 14.7. The molecule has 0 unspecified atom stereocenters. The fourth-order valence-electron chi connectivity index (χ4n) is 2.76. The van der Waals surface area contributed by atoms with Gasteiger partial charge in [0.15, 0.2) is 0 Å². The van der Waals surface area contributed by atoms with Gasteiger partial charge in [-0.2, -0.15) is 4.98 Å². The van der Waals surface area contributed by atoms with Crippen LogP contribution in [0.15, 0.2) is 36.5 Å². The number of carbonyl (C=O) groups is 1. The lowest BCUT2D eigenvalue weighted by Crippen LogP contribution is -2.49. The summed E-state index contributed by atoms with van der Waals surface area (Å²) < 4.78 is 5.05. The van der Waals surface area contributed by atoms with Crippen molar-refractivity contribution in [1.29, 1.82) is 0 Å². The van der Waals surface area contributed by atoms with Gasteiger partial charge in [-0.1, -0.05) is 29.8 Å². The van der Waals surface area contributed by atoms with Gasteiger partial charge in [0, 0.05) is 43.9 Å². The predicted molar refractivity (Wildman–Crippen MR) is 102 cm³/mol. The topological polar surface area (TPSA) is 70.6 Å². The number of rotatable bonds is 5. The second-order valence-corrected chi connectivity index (χ2v) is 6.26. The number of anilines is 2. The number of nitrogens with one attached hydrogen (secondary N) is 1. The first-order chi connectivity index (χ1) is 12.7. The van der Waals surface area contributed by atoms with Gasteiger partial charge in [0.25, 0.3) is 0 Å². The molecule has 1 fully saturated rings. The summed E-state index contributed by atoms with van der Waals surface area (Å²) in [5, 5.41) is 3.92. The van der Waals surface area contributed by atoms with Crippen molar-refractivity contribution in [1.82, 2.24) is 14.9 Å². The number of benzene rings is 1. The van der Waals surface area contributed by atoms with Gasteiger partial charge in [0.1, 0.15) is 5.82 Å². The van der Waals surface area contributed by atoms with Gasteiger partial charge in [-0.3, -0.25) is 0 Å². The third-order valence-electron chi connectivity index (χ3n) is 4.17. The summed E-state index contributed by atoms with van der Waals surface area (Å²) in [6, 6.07) is 9.55. The number of piperazine rings is 1. The Kier molecular flexibility index (Phi) is 6.12. The van der Waals surface area contributed by atoms with E-state index in [4.69, 9.17) is 16.3 Å². The lowest BCUT2D eigenvalue weighted by Gasteiger charge is -2.34. The highest BCUT2D eigenvalue weighted by molar-refractivity contribution is 6.31. The minimum atomic E-state index is -0.253. The summed E-state index contributed by atoms with van der Waals surface area (Å²) in [6.45, 7) is 5.41.